The number of nitrogens with zero attached hydrogens (tertiary/aromatic N) is 3. The Morgan fingerprint density at radius 1 is 1.35 bits per heavy atom. The largest absolute Gasteiger partial charge is 0.435 e. The highest BCUT2D eigenvalue weighted by Crippen LogP contribution is 2.31. The summed E-state index contributed by atoms with van der Waals surface area (Å²) in [5, 5.41) is 3.77. The normalized spacial score (nSPS) is 12.1. The van der Waals surface area contributed by atoms with Crippen molar-refractivity contribution in [1.29, 1.82) is 0 Å². The summed E-state index contributed by atoms with van der Waals surface area (Å²) in [5.41, 5.74) is -0.444. The van der Waals surface area contributed by atoms with E-state index in [0.717, 1.165) is 4.52 Å². The average Bonchev–Trinajstić information content (AvgIpc) is 2.56. The Hall–Kier alpha value is -1.92. The summed E-state index contributed by atoms with van der Waals surface area (Å²) >= 11 is 0. The molecule has 0 aliphatic carbocycles. The van der Waals surface area contributed by atoms with Crippen molar-refractivity contribution < 1.29 is 18.0 Å². The number of carbonyl (C=O) groups excluding carboxylic acids is 1. The van der Waals surface area contributed by atoms with E-state index in [9.17, 15) is 18.0 Å². The number of carbonyl (C=O) groups is 1. The van der Waals surface area contributed by atoms with E-state index in [4.69, 9.17) is 0 Å². The second kappa shape index (κ2) is 3.54. The molecule has 0 atom stereocenters. The molecule has 0 saturated carbocycles. The molecule has 0 amide bonds. The number of aryl methyl sites for hydroxylation is 2. The van der Waals surface area contributed by atoms with E-state index >= 15 is 0 Å². The second-order valence-corrected chi connectivity index (χ2v) is 3.65. The van der Waals surface area contributed by atoms with E-state index < -0.39 is 11.9 Å². The highest BCUT2D eigenvalue weighted by molar-refractivity contribution is 5.73. The molecule has 7 heteroatoms. The predicted octanol–water partition coefficient (Wildman–Crippen LogP) is 2.18. The number of rotatable bonds is 1. The molecule has 0 aromatic carbocycles. The Balaban J connectivity index is 2.83. The number of aromatic nitrogens is 3. The zero-order chi connectivity index (χ0) is 12.8. The maximum atomic E-state index is 12.6. The lowest BCUT2D eigenvalue weighted by atomic mass is 10.3. The first-order valence-electron chi connectivity index (χ1n) is 4.74. The van der Waals surface area contributed by atoms with Gasteiger partial charge < -0.3 is 0 Å². The topological polar surface area (TPSA) is 47.3 Å². The molecule has 0 aliphatic rings. The van der Waals surface area contributed by atoms with Gasteiger partial charge in [-0.15, -0.1) is 0 Å². The van der Waals surface area contributed by atoms with E-state index in [1.807, 2.05) is 0 Å². The van der Waals surface area contributed by atoms with Crippen molar-refractivity contribution in [2.24, 2.45) is 0 Å². The molecule has 0 radical (unpaired) electrons. The van der Waals surface area contributed by atoms with Crippen LogP contribution in [-0.2, 0) is 6.18 Å². The highest BCUT2D eigenvalue weighted by atomic mass is 19.4. The summed E-state index contributed by atoms with van der Waals surface area (Å²) in [5.74, 6) is 0. The van der Waals surface area contributed by atoms with E-state index in [1.165, 1.54) is 13.0 Å². The van der Waals surface area contributed by atoms with Gasteiger partial charge in [0.25, 0.3) is 0 Å². The van der Waals surface area contributed by atoms with Gasteiger partial charge in [-0.3, -0.25) is 4.79 Å². The molecule has 4 nitrogen and oxygen atoms in total. The molecule has 0 saturated heterocycles. The average molecular weight is 243 g/mol. The molecule has 2 aromatic heterocycles. The van der Waals surface area contributed by atoms with Gasteiger partial charge in [-0.1, -0.05) is 0 Å². The lowest BCUT2D eigenvalue weighted by molar-refractivity contribution is -0.141. The van der Waals surface area contributed by atoms with Crippen LogP contribution in [0, 0.1) is 13.8 Å². The SMILES string of the molecule is Cc1cc(C=O)nn2c(C)c(C(F)(F)F)nc12. The molecule has 0 fully saturated rings. The monoisotopic (exact) mass is 243 g/mol. The van der Waals surface area contributed by atoms with Crippen molar-refractivity contribution in [3.63, 3.8) is 0 Å². The molecular weight excluding hydrogens is 235 g/mol. The van der Waals surface area contributed by atoms with Crippen LogP contribution in [0.15, 0.2) is 6.07 Å². The van der Waals surface area contributed by atoms with Gasteiger partial charge in [0, 0.05) is 0 Å². The smallest absolute Gasteiger partial charge is 0.296 e. The number of hydrogen-bond acceptors (Lipinski definition) is 3. The van der Waals surface area contributed by atoms with E-state index in [1.54, 1.807) is 6.92 Å². The maximum absolute atomic E-state index is 12.6. The molecular formula is C10H8F3N3O. The van der Waals surface area contributed by atoms with Crippen LogP contribution in [-0.4, -0.2) is 20.9 Å². The minimum absolute atomic E-state index is 0.0734. The van der Waals surface area contributed by atoms with Gasteiger partial charge in [-0.2, -0.15) is 18.3 Å². The van der Waals surface area contributed by atoms with Crippen molar-refractivity contribution in [1.82, 2.24) is 14.6 Å². The fraction of sp³-hybridized carbons (Fsp3) is 0.300. The minimum Gasteiger partial charge on any atom is -0.296 e. The maximum Gasteiger partial charge on any atom is 0.435 e. The summed E-state index contributed by atoms with van der Waals surface area (Å²) in [6.45, 7) is 2.85. The molecule has 0 bridgehead atoms. The van der Waals surface area contributed by atoms with Crippen molar-refractivity contribution in [3.8, 4) is 0 Å². The third kappa shape index (κ3) is 1.77. The van der Waals surface area contributed by atoms with Gasteiger partial charge in [-0.05, 0) is 25.5 Å². The molecule has 2 heterocycles. The zero-order valence-electron chi connectivity index (χ0n) is 9.04. The fourth-order valence-electron chi connectivity index (χ4n) is 1.63. The summed E-state index contributed by atoms with van der Waals surface area (Å²) in [7, 11) is 0. The number of fused-ring (bicyclic) bond motifs is 1. The van der Waals surface area contributed by atoms with Crippen LogP contribution >= 0.6 is 0 Å². The molecule has 2 rings (SSSR count). The fourth-order valence-corrected chi connectivity index (χ4v) is 1.63. The molecule has 2 aromatic rings. The van der Waals surface area contributed by atoms with Gasteiger partial charge in [0.05, 0.1) is 5.69 Å². The predicted molar refractivity (Wildman–Crippen MR) is 52.9 cm³/mol. The van der Waals surface area contributed by atoms with Crippen LogP contribution in [0.4, 0.5) is 13.2 Å². The Labute approximate surface area is 94.1 Å². The van der Waals surface area contributed by atoms with Gasteiger partial charge in [0.1, 0.15) is 5.69 Å². The molecule has 0 spiro atoms. The van der Waals surface area contributed by atoms with Crippen LogP contribution in [0.3, 0.4) is 0 Å². The van der Waals surface area contributed by atoms with Gasteiger partial charge in [0.2, 0.25) is 0 Å². The van der Waals surface area contributed by atoms with E-state index in [2.05, 4.69) is 10.1 Å². The number of aldehydes is 1. The van der Waals surface area contributed by atoms with E-state index in [-0.39, 0.29) is 17.0 Å². The van der Waals surface area contributed by atoms with E-state index in [0.29, 0.717) is 11.8 Å². The summed E-state index contributed by atoms with van der Waals surface area (Å²) < 4.78 is 38.9. The molecule has 0 N–H and O–H groups in total. The van der Waals surface area contributed by atoms with Crippen molar-refractivity contribution in [3.05, 3.63) is 28.7 Å². The lowest BCUT2D eigenvalue weighted by Gasteiger charge is -2.02. The lowest BCUT2D eigenvalue weighted by Crippen LogP contribution is -2.08. The third-order valence-electron chi connectivity index (χ3n) is 2.40. The number of hydrogen-bond donors (Lipinski definition) is 0. The zero-order valence-corrected chi connectivity index (χ0v) is 9.04. The third-order valence-corrected chi connectivity index (χ3v) is 2.40. The Morgan fingerprint density at radius 2 is 2.00 bits per heavy atom. The van der Waals surface area contributed by atoms with Gasteiger partial charge in [0.15, 0.2) is 17.6 Å². The first-order valence-corrected chi connectivity index (χ1v) is 4.74. The van der Waals surface area contributed by atoms with Crippen LogP contribution < -0.4 is 0 Å². The summed E-state index contributed by atoms with van der Waals surface area (Å²) in [6, 6.07) is 1.40. The summed E-state index contributed by atoms with van der Waals surface area (Å²) in [6.07, 6.45) is -4.04. The quantitative estimate of drug-likeness (QED) is 0.721. The molecule has 0 unspecified atom stereocenters. The number of halogens is 3. The molecule has 17 heavy (non-hydrogen) atoms. The van der Waals surface area contributed by atoms with Crippen LogP contribution in [0.5, 0.6) is 0 Å². The van der Waals surface area contributed by atoms with Crippen LogP contribution in [0.2, 0.25) is 0 Å². The second-order valence-electron chi connectivity index (χ2n) is 3.65. The molecule has 0 aliphatic heterocycles. The van der Waals surface area contributed by atoms with Crippen molar-refractivity contribution in [2.45, 2.75) is 20.0 Å². The molecule has 90 valence electrons. The van der Waals surface area contributed by atoms with Gasteiger partial charge in [-0.25, -0.2) is 9.50 Å². The Morgan fingerprint density at radius 3 is 2.53 bits per heavy atom. The van der Waals surface area contributed by atoms with Crippen LogP contribution in [0.1, 0.15) is 27.4 Å². The van der Waals surface area contributed by atoms with Gasteiger partial charge >= 0.3 is 6.18 Å². The number of alkyl halides is 3. The first-order chi connectivity index (χ1) is 7.84. The first kappa shape index (κ1) is 11.6. The van der Waals surface area contributed by atoms with Crippen LogP contribution in [0.25, 0.3) is 5.65 Å². The number of imidazole rings is 1. The van der Waals surface area contributed by atoms with Crippen molar-refractivity contribution in [2.75, 3.05) is 0 Å². The highest BCUT2D eigenvalue weighted by Gasteiger charge is 2.37. The summed E-state index contributed by atoms with van der Waals surface area (Å²) in [4.78, 5) is 14.1. The Bertz CT molecular complexity index is 601. The Kier molecular flexibility index (Phi) is 2.41. The minimum atomic E-state index is -4.52. The standard InChI is InChI=1S/C10H8F3N3O/c1-5-3-7(4-17)15-16-6(2)8(10(11,12)13)14-9(5)16/h3-4H,1-2H3. The van der Waals surface area contributed by atoms with Crippen molar-refractivity contribution >= 4 is 11.9 Å².